The summed E-state index contributed by atoms with van der Waals surface area (Å²) in [7, 11) is 0. The van der Waals surface area contributed by atoms with E-state index in [-0.39, 0.29) is 0 Å². The highest BCUT2D eigenvalue weighted by molar-refractivity contribution is 7.09. The lowest BCUT2D eigenvalue weighted by Crippen LogP contribution is -2.57. The zero-order chi connectivity index (χ0) is 13.0. The number of hydrogen-bond donors (Lipinski definition) is 1. The molecule has 0 spiro atoms. The van der Waals surface area contributed by atoms with Crippen LogP contribution in [0.15, 0.2) is 11.6 Å². The van der Waals surface area contributed by atoms with Gasteiger partial charge in [-0.05, 0) is 12.8 Å². The Morgan fingerprint density at radius 3 is 3.11 bits per heavy atom. The number of rotatable bonds is 5. The molecule has 0 saturated carbocycles. The lowest BCUT2D eigenvalue weighted by atomic mass is 9.95. The fourth-order valence-electron chi connectivity index (χ4n) is 2.54. The van der Waals surface area contributed by atoms with E-state index in [4.69, 9.17) is 0 Å². The monoisotopic (exact) mass is 267 g/mol. The van der Waals surface area contributed by atoms with E-state index in [2.05, 4.69) is 41.4 Å². The van der Waals surface area contributed by atoms with Crippen molar-refractivity contribution >= 4 is 11.3 Å². The van der Waals surface area contributed by atoms with E-state index in [1.54, 1.807) is 11.3 Å². The number of piperazine rings is 1. The second kappa shape index (κ2) is 6.64. The highest BCUT2D eigenvalue weighted by Gasteiger charge is 2.27. The van der Waals surface area contributed by atoms with E-state index in [0.29, 0.717) is 12.1 Å². The molecule has 3 nitrogen and oxygen atoms in total. The second-order valence-corrected chi connectivity index (χ2v) is 6.40. The van der Waals surface area contributed by atoms with Crippen LogP contribution in [0.2, 0.25) is 0 Å². The van der Waals surface area contributed by atoms with Gasteiger partial charge in [-0.15, -0.1) is 11.3 Å². The molecule has 0 radical (unpaired) electrons. The van der Waals surface area contributed by atoms with Gasteiger partial charge in [-0.2, -0.15) is 0 Å². The van der Waals surface area contributed by atoms with E-state index in [9.17, 15) is 0 Å². The van der Waals surface area contributed by atoms with Crippen molar-refractivity contribution in [2.45, 2.75) is 45.7 Å². The Morgan fingerprint density at radius 1 is 1.61 bits per heavy atom. The predicted octanol–water partition coefficient (Wildman–Crippen LogP) is 2.39. The van der Waals surface area contributed by atoms with E-state index >= 15 is 0 Å². The first-order valence-corrected chi connectivity index (χ1v) is 7.94. The highest BCUT2D eigenvalue weighted by atomic mass is 32.1. The Bertz CT molecular complexity index is 339. The lowest BCUT2D eigenvalue weighted by Gasteiger charge is -2.41. The minimum atomic E-state index is 0.644. The Morgan fingerprint density at radius 2 is 2.44 bits per heavy atom. The zero-order valence-corrected chi connectivity index (χ0v) is 12.5. The van der Waals surface area contributed by atoms with Gasteiger partial charge in [0.2, 0.25) is 0 Å². The molecule has 2 rings (SSSR count). The molecule has 2 heterocycles. The van der Waals surface area contributed by atoms with Crippen LogP contribution in [0.25, 0.3) is 0 Å². The molecule has 4 heteroatoms. The number of nitrogens with one attached hydrogen (secondary N) is 1. The van der Waals surface area contributed by atoms with Crippen molar-refractivity contribution in [3.8, 4) is 0 Å². The average Bonchev–Trinajstić information content (AvgIpc) is 2.90. The highest BCUT2D eigenvalue weighted by Crippen LogP contribution is 2.16. The van der Waals surface area contributed by atoms with Crippen molar-refractivity contribution < 1.29 is 0 Å². The Kier molecular flexibility index (Phi) is 5.15. The smallest absolute Gasteiger partial charge is 0.0937 e. The molecule has 1 aromatic heterocycles. The molecule has 1 N–H and O–H groups in total. The Labute approximate surface area is 115 Å². The van der Waals surface area contributed by atoms with E-state index in [1.807, 2.05) is 6.20 Å². The van der Waals surface area contributed by atoms with Crippen molar-refractivity contribution in [2.75, 3.05) is 19.6 Å². The molecule has 3 unspecified atom stereocenters. The van der Waals surface area contributed by atoms with Crippen molar-refractivity contribution in [3.05, 3.63) is 16.6 Å². The van der Waals surface area contributed by atoms with Crippen LogP contribution >= 0.6 is 11.3 Å². The number of nitrogens with zero attached hydrogens (tertiary/aromatic N) is 2. The number of aromatic nitrogens is 1. The molecule has 1 aliphatic heterocycles. The quantitative estimate of drug-likeness (QED) is 0.888. The van der Waals surface area contributed by atoms with Crippen molar-refractivity contribution in [1.82, 2.24) is 15.2 Å². The van der Waals surface area contributed by atoms with Gasteiger partial charge in [-0.3, -0.25) is 4.90 Å². The molecular weight excluding hydrogens is 242 g/mol. The summed E-state index contributed by atoms with van der Waals surface area (Å²) >= 11 is 1.77. The van der Waals surface area contributed by atoms with Crippen molar-refractivity contribution in [2.24, 2.45) is 5.92 Å². The third-order valence-electron chi connectivity index (χ3n) is 4.16. The molecule has 102 valence electrons. The molecule has 0 aliphatic carbocycles. The van der Waals surface area contributed by atoms with Crippen LogP contribution in [0.3, 0.4) is 0 Å². The van der Waals surface area contributed by atoms with Gasteiger partial charge in [0.15, 0.2) is 0 Å². The van der Waals surface area contributed by atoms with Gasteiger partial charge in [-0.1, -0.05) is 20.3 Å². The maximum Gasteiger partial charge on any atom is 0.0937 e. The SMILES string of the molecule is CCC(C)C1CN(CCc2nccs2)C(C)CN1. The first-order chi connectivity index (χ1) is 8.70. The average molecular weight is 267 g/mol. The van der Waals surface area contributed by atoms with Crippen LogP contribution in [0.5, 0.6) is 0 Å². The number of hydrogen-bond acceptors (Lipinski definition) is 4. The normalized spacial score (nSPS) is 27.3. The van der Waals surface area contributed by atoms with Crippen LogP contribution in [-0.2, 0) is 6.42 Å². The zero-order valence-electron chi connectivity index (χ0n) is 11.7. The Balaban J connectivity index is 1.85. The van der Waals surface area contributed by atoms with E-state index in [1.165, 1.54) is 18.0 Å². The third-order valence-corrected chi connectivity index (χ3v) is 5.00. The summed E-state index contributed by atoms with van der Waals surface area (Å²) in [5, 5.41) is 7.02. The van der Waals surface area contributed by atoms with Crippen LogP contribution in [0, 0.1) is 5.92 Å². The molecule has 18 heavy (non-hydrogen) atoms. The van der Waals surface area contributed by atoms with E-state index < -0.39 is 0 Å². The van der Waals surface area contributed by atoms with Gasteiger partial charge >= 0.3 is 0 Å². The van der Waals surface area contributed by atoms with Gasteiger partial charge in [0.25, 0.3) is 0 Å². The van der Waals surface area contributed by atoms with Crippen molar-refractivity contribution in [3.63, 3.8) is 0 Å². The third kappa shape index (κ3) is 3.53. The van der Waals surface area contributed by atoms with E-state index in [0.717, 1.165) is 25.4 Å². The first kappa shape index (κ1) is 14.0. The van der Waals surface area contributed by atoms with Gasteiger partial charge < -0.3 is 5.32 Å². The molecule has 0 bridgehead atoms. The van der Waals surface area contributed by atoms with Crippen LogP contribution < -0.4 is 5.32 Å². The fourth-order valence-corrected chi connectivity index (χ4v) is 3.15. The first-order valence-electron chi connectivity index (χ1n) is 7.06. The minimum absolute atomic E-state index is 0.644. The van der Waals surface area contributed by atoms with Crippen molar-refractivity contribution in [1.29, 1.82) is 0 Å². The summed E-state index contributed by atoms with van der Waals surface area (Å²) in [5.74, 6) is 0.764. The van der Waals surface area contributed by atoms with Crippen LogP contribution in [0.1, 0.15) is 32.2 Å². The Hall–Kier alpha value is -0.450. The number of thiazole rings is 1. The topological polar surface area (TPSA) is 28.2 Å². The summed E-state index contributed by atoms with van der Waals surface area (Å²) in [5.41, 5.74) is 0. The summed E-state index contributed by atoms with van der Waals surface area (Å²) < 4.78 is 0. The molecule has 3 atom stereocenters. The molecule has 0 aromatic carbocycles. The van der Waals surface area contributed by atoms with Gasteiger partial charge in [0, 0.05) is 49.7 Å². The summed E-state index contributed by atoms with van der Waals surface area (Å²) in [6.45, 7) is 10.4. The summed E-state index contributed by atoms with van der Waals surface area (Å²) in [4.78, 5) is 6.99. The largest absolute Gasteiger partial charge is 0.311 e. The van der Waals surface area contributed by atoms with Gasteiger partial charge in [0.05, 0.1) is 5.01 Å². The standard InChI is InChI=1S/C14H25N3S/c1-4-11(2)13-10-17(12(3)9-16-13)7-5-14-15-6-8-18-14/h6,8,11-13,16H,4-5,7,9-10H2,1-3H3. The fraction of sp³-hybridized carbons (Fsp3) is 0.786. The minimum Gasteiger partial charge on any atom is -0.311 e. The molecule has 1 saturated heterocycles. The summed E-state index contributed by atoms with van der Waals surface area (Å²) in [6.07, 6.45) is 4.25. The molecular formula is C14H25N3S. The van der Waals surface area contributed by atoms with Gasteiger partial charge in [0.1, 0.15) is 0 Å². The second-order valence-electron chi connectivity index (χ2n) is 5.42. The molecule has 1 aromatic rings. The molecule has 1 aliphatic rings. The predicted molar refractivity (Wildman–Crippen MR) is 78.1 cm³/mol. The van der Waals surface area contributed by atoms with Gasteiger partial charge in [-0.25, -0.2) is 4.98 Å². The maximum absolute atomic E-state index is 4.37. The van der Waals surface area contributed by atoms with Crippen LogP contribution in [-0.4, -0.2) is 41.6 Å². The summed E-state index contributed by atoms with van der Waals surface area (Å²) in [6, 6.07) is 1.30. The maximum atomic E-state index is 4.37. The van der Waals surface area contributed by atoms with Crippen LogP contribution in [0.4, 0.5) is 0 Å². The molecule has 1 fully saturated rings. The molecule has 0 amide bonds. The lowest BCUT2D eigenvalue weighted by molar-refractivity contribution is 0.120.